The van der Waals surface area contributed by atoms with Gasteiger partial charge in [0.05, 0.1) is 0 Å². The summed E-state index contributed by atoms with van der Waals surface area (Å²) in [7, 11) is 0. The van der Waals surface area contributed by atoms with Crippen LogP contribution >= 0.6 is 0 Å². The van der Waals surface area contributed by atoms with E-state index in [4.69, 9.17) is 10.2 Å². The third kappa shape index (κ3) is 6.89. The van der Waals surface area contributed by atoms with Gasteiger partial charge >= 0.3 is 11.9 Å². The Kier molecular flexibility index (Phi) is 8.62. The zero-order chi connectivity index (χ0) is 14.0. The number of aliphatic carboxylic acids is 2. The van der Waals surface area contributed by atoms with Gasteiger partial charge in [0.15, 0.2) is 0 Å². The monoisotopic (exact) mass is 254 g/mol. The summed E-state index contributed by atoms with van der Waals surface area (Å²) in [6.07, 6.45) is 7.71. The molecule has 0 aromatic heterocycles. The van der Waals surface area contributed by atoms with E-state index in [2.05, 4.69) is 6.92 Å². The summed E-state index contributed by atoms with van der Waals surface area (Å²) in [6.45, 7) is 3.83. The van der Waals surface area contributed by atoms with Crippen molar-refractivity contribution in [3.63, 3.8) is 0 Å². The molecule has 2 N–H and O–H groups in total. The molecule has 0 bridgehead atoms. The van der Waals surface area contributed by atoms with E-state index in [1.165, 1.54) is 12.2 Å². The van der Waals surface area contributed by atoms with Gasteiger partial charge in [-0.15, -0.1) is 0 Å². The summed E-state index contributed by atoms with van der Waals surface area (Å²) in [5.74, 6) is -1.96. The minimum atomic E-state index is -0.996. The van der Waals surface area contributed by atoms with Crippen molar-refractivity contribution in [3.05, 3.63) is 23.3 Å². The quantitative estimate of drug-likeness (QED) is 0.376. The Bertz CT molecular complexity index is 340. The van der Waals surface area contributed by atoms with Gasteiger partial charge in [-0.25, -0.2) is 9.59 Å². The van der Waals surface area contributed by atoms with Crippen LogP contribution in [0.4, 0.5) is 0 Å². The average Bonchev–Trinajstić information content (AvgIpc) is 2.31. The molecule has 0 aromatic carbocycles. The molecular weight excluding hydrogens is 232 g/mol. The number of rotatable bonds is 9. The molecule has 0 aliphatic heterocycles. The van der Waals surface area contributed by atoms with Crippen LogP contribution < -0.4 is 0 Å². The molecular formula is C14H22O4. The maximum atomic E-state index is 11.0. The molecule has 0 rings (SSSR count). The normalized spacial score (nSPS) is 12.6. The van der Waals surface area contributed by atoms with Crippen LogP contribution in [-0.2, 0) is 9.59 Å². The van der Waals surface area contributed by atoms with Crippen molar-refractivity contribution in [3.8, 4) is 0 Å². The zero-order valence-corrected chi connectivity index (χ0v) is 11.1. The summed E-state index contributed by atoms with van der Waals surface area (Å²) < 4.78 is 0. The van der Waals surface area contributed by atoms with Gasteiger partial charge in [-0.05, 0) is 19.3 Å². The van der Waals surface area contributed by atoms with Gasteiger partial charge in [0.2, 0.25) is 0 Å². The lowest BCUT2D eigenvalue weighted by Gasteiger charge is -2.01. The van der Waals surface area contributed by atoms with E-state index in [1.54, 1.807) is 6.92 Å². The molecule has 18 heavy (non-hydrogen) atoms. The maximum absolute atomic E-state index is 11.0. The van der Waals surface area contributed by atoms with Crippen LogP contribution in [0, 0.1) is 0 Å². The minimum Gasteiger partial charge on any atom is -0.478 e. The van der Waals surface area contributed by atoms with Gasteiger partial charge in [-0.2, -0.15) is 0 Å². The second kappa shape index (κ2) is 9.45. The number of hydrogen-bond donors (Lipinski definition) is 2. The molecule has 0 saturated carbocycles. The van der Waals surface area contributed by atoms with Gasteiger partial charge in [0, 0.05) is 11.1 Å². The first-order valence-electron chi connectivity index (χ1n) is 6.39. The van der Waals surface area contributed by atoms with Crippen molar-refractivity contribution in [2.24, 2.45) is 0 Å². The fraction of sp³-hybridized carbons (Fsp3) is 0.571. The Morgan fingerprint density at radius 3 is 1.89 bits per heavy atom. The molecule has 0 aromatic rings. The largest absolute Gasteiger partial charge is 0.478 e. The second-order valence-electron chi connectivity index (χ2n) is 4.16. The van der Waals surface area contributed by atoms with E-state index in [0.29, 0.717) is 12.8 Å². The Morgan fingerprint density at radius 1 is 0.889 bits per heavy atom. The second-order valence-corrected chi connectivity index (χ2v) is 4.16. The lowest BCUT2D eigenvalue weighted by atomic mass is 10.1. The highest BCUT2D eigenvalue weighted by molar-refractivity contribution is 5.89. The van der Waals surface area contributed by atoms with Crippen molar-refractivity contribution in [2.45, 2.75) is 52.4 Å². The summed E-state index contributed by atoms with van der Waals surface area (Å²) >= 11 is 0. The topological polar surface area (TPSA) is 74.6 Å². The molecule has 0 atom stereocenters. The van der Waals surface area contributed by atoms with Crippen LogP contribution in [0.25, 0.3) is 0 Å². The Hall–Kier alpha value is -1.58. The summed E-state index contributed by atoms with van der Waals surface area (Å²) in [5.41, 5.74) is 0.501. The number of carboxylic acid groups (broad SMARTS) is 2. The predicted molar refractivity (Wildman–Crippen MR) is 70.5 cm³/mol. The van der Waals surface area contributed by atoms with Crippen molar-refractivity contribution in [1.82, 2.24) is 0 Å². The number of carbonyl (C=O) groups is 2. The van der Waals surface area contributed by atoms with Crippen LogP contribution in [0.2, 0.25) is 0 Å². The van der Waals surface area contributed by atoms with Gasteiger partial charge < -0.3 is 10.2 Å². The Labute approximate surface area is 108 Å². The molecule has 0 saturated heterocycles. The fourth-order valence-electron chi connectivity index (χ4n) is 1.55. The number of hydrogen-bond acceptors (Lipinski definition) is 2. The van der Waals surface area contributed by atoms with Crippen molar-refractivity contribution in [1.29, 1.82) is 0 Å². The summed E-state index contributed by atoms with van der Waals surface area (Å²) in [5, 5.41) is 17.8. The molecule has 0 aliphatic rings. The summed E-state index contributed by atoms with van der Waals surface area (Å²) in [4.78, 5) is 21.8. The highest BCUT2D eigenvalue weighted by Crippen LogP contribution is 2.12. The number of unbranched alkanes of at least 4 members (excludes halogenated alkanes) is 3. The van der Waals surface area contributed by atoms with Crippen LogP contribution in [-0.4, -0.2) is 22.2 Å². The van der Waals surface area contributed by atoms with E-state index in [-0.39, 0.29) is 11.1 Å². The number of allylic oxidation sites excluding steroid dienone is 2. The van der Waals surface area contributed by atoms with Crippen molar-refractivity contribution in [2.75, 3.05) is 0 Å². The van der Waals surface area contributed by atoms with Gasteiger partial charge in [-0.1, -0.05) is 45.3 Å². The van der Waals surface area contributed by atoms with Gasteiger partial charge in [-0.3, -0.25) is 0 Å². The minimum absolute atomic E-state index is 0.224. The van der Waals surface area contributed by atoms with Gasteiger partial charge in [0.1, 0.15) is 0 Å². The summed E-state index contributed by atoms with van der Waals surface area (Å²) in [6, 6.07) is 0. The SMILES string of the molecule is CCCCCCC(=CC=C(CC)C(=O)O)C(=O)O. The molecule has 102 valence electrons. The molecule has 4 heteroatoms. The standard InChI is InChI=1S/C14H22O4/c1-3-5-6-7-8-12(14(17)18)10-9-11(4-2)13(15)16/h9-10H,3-8H2,1-2H3,(H,15,16)(H,17,18). The zero-order valence-electron chi connectivity index (χ0n) is 11.1. The lowest BCUT2D eigenvalue weighted by molar-refractivity contribution is -0.133. The van der Waals surface area contributed by atoms with Crippen LogP contribution in [0.1, 0.15) is 52.4 Å². The van der Waals surface area contributed by atoms with Crippen molar-refractivity contribution >= 4 is 11.9 Å². The lowest BCUT2D eigenvalue weighted by Crippen LogP contribution is -2.02. The van der Waals surface area contributed by atoms with Crippen LogP contribution in [0.5, 0.6) is 0 Å². The van der Waals surface area contributed by atoms with Crippen LogP contribution in [0.15, 0.2) is 23.3 Å². The van der Waals surface area contributed by atoms with E-state index in [1.807, 2.05) is 0 Å². The first-order chi connectivity index (χ1) is 8.52. The molecule has 4 nitrogen and oxygen atoms in total. The van der Waals surface area contributed by atoms with E-state index >= 15 is 0 Å². The first kappa shape index (κ1) is 16.4. The van der Waals surface area contributed by atoms with E-state index in [9.17, 15) is 9.59 Å². The average molecular weight is 254 g/mol. The highest BCUT2D eigenvalue weighted by Gasteiger charge is 2.07. The highest BCUT2D eigenvalue weighted by atomic mass is 16.4. The Balaban J connectivity index is 4.58. The fourth-order valence-corrected chi connectivity index (χ4v) is 1.55. The third-order valence-corrected chi connectivity index (χ3v) is 2.72. The van der Waals surface area contributed by atoms with Crippen LogP contribution in [0.3, 0.4) is 0 Å². The van der Waals surface area contributed by atoms with E-state index in [0.717, 1.165) is 25.7 Å². The molecule has 0 unspecified atom stereocenters. The molecule has 0 heterocycles. The first-order valence-corrected chi connectivity index (χ1v) is 6.39. The molecule has 0 amide bonds. The third-order valence-electron chi connectivity index (χ3n) is 2.72. The smallest absolute Gasteiger partial charge is 0.331 e. The molecule has 0 spiro atoms. The van der Waals surface area contributed by atoms with Gasteiger partial charge in [0.25, 0.3) is 0 Å². The predicted octanol–water partition coefficient (Wildman–Crippen LogP) is 3.39. The molecule has 0 aliphatic carbocycles. The molecule has 0 radical (unpaired) electrons. The number of carboxylic acids is 2. The van der Waals surface area contributed by atoms with E-state index < -0.39 is 11.9 Å². The maximum Gasteiger partial charge on any atom is 0.331 e. The molecule has 0 fully saturated rings. The Morgan fingerprint density at radius 2 is 1.44 bits per heavy atom. The van der Waals surface area contributed by atoms with Crippen molar-refractivity contribution < 1.29 is 19.8 Å².